The molecule has 0 aromatic carbocycles. The number of aliphatic hydroxyl groups excluding tert-OH is 1. The first-order chi connectivity index (χ1) is 8.02. The minimum atomic E-state index is -0.744. The zero-order valence-electron chi connectivity index (χ0n) is 10.8. The molecule has 0 aliphatic rings. The van der Waals surface area contributed by atoms with Crippen LogP contribution in [-0.2, 0) is 11.8 Å². The van der Waals surface area contributed by atoms with Gasteiger partial charge in [-0.1, -0.05) is 19.1 Å². The summed E-state index contributed by atoms with van der Waals surface area (Å²) in [6.45, 7) is 6.53. The number of hydrogen-bond donors (Lipinski definition) is 1. The highest BCUT2D eigenvalue weighted by atomic mass is 79.9. The first kappa shape index (κ1) is 14.6. The molecule has 0 aliphatic carbocycles. The SMILES string of the molecule is CCOC(CC)(CC)C(O)c1c(Br)nnn1C. The molecule has 0 aliphatic heterocycles. The van der Waals surface area contributed by atoms with E-state index in [9.17, 15) is 5.11 Å². The minimum absolute atomic E-state index is 0.568. The van der Waals surface area contributed by atoms with E-state index in [0.717, 1.165) is 12.8 Å². The monoisotopic (exact) mass is 305 g/mol. The number of rotatable bonds is 6. The number of aliphatic hydroxyl groups is 1. The Balaban J connectivity index is 3.11. The molecule has 0 spiro atoms. The van der Waals surface area contributed by atoms with E-state index in [4.69, 9.17) is 4.74 Å². The highest BCUT2D eigenvalue weighted by Gasteiger charge is 2.39. The smallest absolute Gasteiger partial charge is 0.154 e. The molecular formula is C11H20BrN3O2. The summed E-state index contributed by atoms with van der Waals surface area (Å²) >= 11 is 3.31. The first-order valence-electron chi connectivity index (χ1n) is 5.89. The van der Waals surface area contributed by atoms with Gasteiger partial charge in [-0.15, -0.1) is 5.10 Å². The van der Waals surface area contributed by atoms with E-state index in [1.54, 1.807) is 11.7 Å². The fourth-order valence-electron chi connectivity index (χ4n) is 2.09. The Bertz CT molecular complexity index is 344. The van der Waals surface area contributed by atoms with E-state index in [1.807, 2.05) is 20.8 Å². The van der Waals surface area contributed by atoms with Crippen molar-refractivity contribution in [2.75, 3.05) is 6.61 Å². The van der Waals surface area contributed by atoms with Crippen molar-refractivity contribution < 1.29 is 9.84 Å². The average molecular weight is 306 g/mol. The fraction of sp³-hybridized carbons (Fsp3) is 0.818. The van der Waals surface area contributed by atoms with E-state index in [0.29, 0.717) is 16.9 Å². The topological polar surface area (TPSA) is 60.2 Å². The molecule has 0 saturated carbocycles. The molecule has 0 fully saturated rings. The van der Waals surface area contributed by atoms with E-state index >= 15 is 0 Å². The van der Waals surface area contributed by atoms with Crippen molar-refractivity contribution in [1.82, 2.24) is 15.0 Å². The number of ether oxygens (including phenoxy) is 1. The van der Waals surface area contributed by atoms with Gasteiger partial charge in [-0.25, -0.2) is 4.68 Å². The molecule has 1 N–H and O–H groups in total. The number of halogens is 1. The molecule has 1 heterocycles. The van der Waals surface area contributed by atoms with E-state index in [-0.39, 0.29) is 0 Å². The van der Waals surface area contributed by atoms with Crippen LogP contribution in [0.4, 0.5) is 0 Å². The molecule has 5 nitrogen and oxygen atoms in total. The van der Waals surface area contributed by atoms with Crippen LogP contribution in [-0.4, -0.2) is 32.3 Å². The second-order valence-electron chi connectivity index (χ2n) is 4.00. The second-order valence-corrected chi connectivity index (χ2v) is 4.75. The molecular weight excluding hydrogens is 286 g/mol. The van der Waals surface area contributed by atoms with Crippen LogP contribution in [0.2, 0.25) is 0 Å². The van der Waals surface area contributed by atoms with Crippen LogP contribution in [0.1, 0.15) is 45.4 Å². The molecule has 0 radical (unpaired) electrons. The van der Waals surface area contributed by atoms with Gasteiger partial charge in [0.25, 0.3) is 0 Å². The average Bonchev–Trinajstić information content (AvgIpc) is 2.65. The molecule has 0 saturated heterocycles. The highest BCUT2D eigenvalue weighted by Crippen LogP contribution is 2.37. The molecule has 1 unspecified atom stereocenters. The first-order valence-corrected chi connectivity index (χ1v) is 6.68. The van der Waals surface area contributed by atoms with Crippen LogP contribution < -0.4 is 0 Å². The summed E-state index contributed by atoms with van der Waals surface area (Å²) in [7, 11) is 1.76. The van der Waals surface area contributed by atoms with Crippen LogP contribution in [0.25, 0.3) is 0 Å². The molecule has 98 valence electrons. The molecule has 0 amide bonds. The lowest BCUT2D eigenvalue weighted by Crippen LogP contribution is -2.39. The van der Waals surface area contributed by atoms with Crippen molar-refractivity contribution in [3.8, 4) is 0 Å². The van der Waals surface area contributed by atoms with Crippen LogP contribution in [0, 0.1) is 0 Å². The Morgan fingerprint density at radius 2 is 2.00 bits per heavy atom. The van der Waals surface area contributed by atoms with Crippen molar-refractivity contribution in [3.63, 3.8) is 0 Å². The fourth-order valence-corrected chi connectivity index (χ4v) is 2.63. The Labute approximate surface area is 110 Å². The predicted molar refractivity (Wildman–Crippen MR) is 68.6 cm³/mol. The highest BCUT2D eigenvalue weighted by molar-refractivity contribution is 9.10. The maximum Gasteiger partial charge on any atom is 0.154 e. The standard InChI is InChI=1S/C11H20BrN3O2/c1-5-11(6-2,17-7-3)9(16)8-10(12)13-14-15(8)4/h9,16H,5-7H2,1-4H3. The van der Waals surface area contributed by atoms with Gasteiger partial charge in [-0.3, -0.25) is 0 Å². The number of aryl methyl sites for hydroxylation is 1. The van der Waals surface area contributed by atoms with Crippen molar-refractivity contribution in [2.24, 2.45) is 7.05 Å². The Morgan fingerprint density at radius 3 is 2.35 bits per heavy atom. The Kier molecular flexibility index (Phi) is 5.09. The van der Waals surface area contributed by atoms with Gasteiger partial charge in [0, 0.05) is 13.7 Å². The molecule has 1 atom stereocenters. The third-order valence-corrected chi connectivity index (χ3v) is 3.78. The van der Waals surface area contributed by atoms with E-state index in [1.165, 1.54) is 0 Å². The van der Waals surface area contributed by atoms with Gasteiger partial charge < -0.3 is 9.84 Å². The minimum Gasteiger partial charge on any atom is -0.384 e. The van der Waals surface area contributed by atoms with E-state index in [2.05, 4.69) is 26.2 Å². The summed E-state index contributed by atoms with van der Waals surface area (Å²) in [6.07, 6.45) is 0.721. The van der Waals surface area contributed by atoms with Gasteiger partial charge in [-0.05, 0) is 35.7 Å². The molecule has 1 aromatic heterocycles. The predicted octanol–water partition coefficient (Wildman–Crippen LogP) is 2.21. The zero-order valence-corrected chi connectivity index (χ0v) is 12.4. The largest absolute Gasteiger partial charge is 0.384 e. The van der Waals surface area contributed by atoms with Crippen LogP contribution in [0.5, 0.6) is 0 Å². The van der Waals surface area contributed by atoms with Crippen molar-refractivity contribution >= 4 is 15.9 Å². The second kappa shape index (κ2) is 5.93. The maximum absolute atomic E-state index is 10.6. The number of aromatic nitrogens is 3. The summed E-state index contributed by atoms with van der Waals surface area (Å²) in [6, 6.07) is 0. The third-order valence-electron chi connectivity index (χ3n) is 3.21. The van der Waals surface area contributed by atoms with Crippen LogP contribution in [0.15, 0.2) is 4.60 Å². The van der Waals surface area contributed by atoms with Gasteiger partial charge in [0.2, 0.25) is 0 Å². The summed E-state index contributed by atoms with van der Waals surface area (Å²) in [5.41, 5.74) is 0.0781. The lowest BCUT2D eigenvalue weighted by Gasteiger charge is -2.36. The van der Waals surface area contributed by atoms with Crippen molar-refractivity contribution in [3.05, 3.63) is 10.3 Å². The van der Waals surface area contributed by atoms with Gasteiger partial charge in [0.15, 0.2) is 4.60 Å². The summed E-state index contributed by atoms with van der Waals surface area (Å²) < 4.78 is 7.93. The third kappa shape index (κ3) is 2.69. The molecule has 17 heavy (non-hydrogen) atoms. The lowest BCUT2D eigenvalue weighted by molar-refractivity contribution is -0.130. The van der Waals surface area contributed by atoms with Gasteiger partial charge in [0.1, 0.15) is 11.8 Å². The van der Waals surface area contributed by atoms with Crippen molar-refractivity contribution in [2.45, 2.75) is 45.3 Å². The van der Waals surface area contributed by atoms with Gasteiger partial charge >= 0.3 is 0 Å². The van der Waals surface area contributed by atoms with E-state index < -0.39 is 11.7 Å². The summed E-state index contributed by atoms with van der Waals surface area (Å²) in [5.74, 6) is 0. The summed E-state index contributed by atoms with van der Waals surface area (Å²) in [5, 5.41) is 18.3. The van der Waals surface area contributed by atoms with Crippen LogP contribution in [0.3, 0.4) is 0 Å². The van der Waals surface area contributed by atoms with Gasteiger partial charge in [-0.2, -0.15) is 0 Å². The lowest BCUT2D eigenvalue weighted by atomic mass is 9.88. The molecule has 1 rings (SSSR count). The quantitative estimate of drug-likeness (QED) is 0.875. The Hall–Kier alpha value is -0.460. The summed E-state index contributed by atoms with van der Waals surface area (Å²) in [4.78, 5) is 0. The molecule has 6 heteroatoms. The molecule has 0 bridgehead atoms. The van der Waals surface area contributed by atoms with Gasteiger partial charge in [0.05, 0.1) is 5.60 Å². The number of hydrogen-bond acceptors (Lipinski definition) is 4. The molecule has 1 aromatic rings. The zero-order chi connectivity index (χ0) is 13.1. The number of nitrogens with zero attached hydrogens (tertiary/aromatic N) is 3. The van der Waals surface area contributed by atoms with Crippen LogP contribution >= 0.6 is 15.9 Å². The van der Waals surface area contributed by atoms with Crippen molar-refractivity contribution in [1.29, 1.82) is 0 Å². The Morgan fingerprint density at radius 1 is 1.41 bits per heavy atom. The maximum atomic E-state index is 10.6. The normalized spacial score (nSPS) is 14.0.